The number of nitrogens with zero attached hydrogens (tertiary/aromatic N) is 3. The molecule has 166 valence electrons. The Morgan fingerprint density at radius 1 is 1.23 bits per heavy atom. The molecule has 2 N–H and O–H groups in total. The number of hydrogen-bond donors (Lipinski definition) is 2. The quantitative estimate of drug-likeness (QED) is 0.504. The number of benzene rings is 1. The molecule has 1 aliphatic carbocycles. The number of amides is 1. The van der Waals surface area contributed by atoms with Gasteiger partial charge in [0, 0.05) is 44.7 Å². The molecule has 30 heavy (non-hydrogen) atoms. The number of likely N-dealkylation sites (N-methyl/N-ethyl adjacent to an activating group) is 1. The molecule has 3 rings (SSSR count). The summed E-state index contributed by atoms with van der Waals surface area (Å²) < 4.78 is 13.0. The monoisotopic (exact) mass is 417 g/mol. The highest BCUT2D eigenvalue weighted by atomic mass is 19.1. The molecule has 1 aliphatic heterocycles. The third-order valence-corrected chi connectivity index (χ3v) is 6.01. The second kappa shape index (κ2) is 11.3. The molecule has 1 unspecified atom stereocenters. The summed E-state index contributed by atoms with van der Waals surface area (Å²) >= 11 is 0. The lowest BCUT2D eigenvalue weighted by atomic mass is 10.1. The van der Waals surface area contributed by atoms with Crippen molar-refractivity contribution in [1.29, 1.82) is 0 Å². The predicted molar refractivity (Wildman–Crippen MR) is 119 cm³/mol. The summed E-state index contributed by atoms with van der Waals surface area (Å²) in [5, 5.41) is 6.82. The average Bonchev–Trinajstić information content (AvgIpc) is 3.42. The van der Waals surface area contributed by atoms with Gasteiger partial charge in [0.2, 0.25) is 5.91 Å². The number of aliphatic imine (C=N–C) groups is 1. The summed E-state index contributed by atoms with van der Waals surface area (Å²) in [5.41, 5.74) is 1.09. The van der Waals surface area contributed by atoms with Gasteiger partial charge in [-0.1, -0.05) is 25.0 Å². The van der Waals surface area contributed by atoms with Crippen LogP contribution in [0.2, 0.25) is 0 Å². The van der Waals surface area contributed by atoms with E-state index in [1.807, 2.05) is 24.1 Å². The van der Waals surface area contributed by atoms with E-state index in [9.17, 15) is 9.18 Å². The van der Waals surface area contributed by atoms with Gasteiger partial charge in [-0.3, -0.25) is 9.79 Å². The lowest BCUT2D eigenvalue weighted by Gasteiger charge is -2.21. The SMILES string of the molecule is CCNC(=NCCN(C)Cc1ccc(F)cc1)NC1CCN(C(=O)C2CCCC2)C1. The minimum absolute atomic E-state index is 0.206. The van der Waals surface area contributed by atoms with E-state index in [0.29, 0.717) is 12.5 Å². The van der Waals surface area contributed by atoms with E-state index >= 15 is 0 Å². The van der Waals surface area contributed by atoms with Crippen molar-refractivity contribution < 1.29 is 9.18 Å². The second-order valence-electron chi connectivity index (χ2n) is 8.52. The maximum Gasteiger partial charge on any atom is 0.225 e. The fourth-order valence-electron chi connectivity index (χ4n) is 4.34. The van der Waals surface area contributed by atoms with Crippen molar-refractivity contribution in [2.45, 2.75) is 51.6 Å². The molecular formula is C23H36FN5O. The molecule has 6 nitrogen and oxygen atoms in total. The van der Waals surface area contributed by atoms with Crippen molar-refractivity contribution in [3.8, 4) is 0 Å². The zero-order valence-electron chi connectivity index (χ0n) is 18.4. The minimum Gasteiger partial charge on any atom is -0.357 e. The number of halogens is 1. The Labute approximate surface area is 179 Å². The number of guanidine groups is 1. The fourth-order valence-corrected chi connectivity index (χ4v) is 4.34. The molecule has 2 fully saturated rings. The van der Waals surface area contributed by atoms with Gasteiger partial charge in [-0.15, -0.1) is 0 Å². The summed E-state index contributed by atoms with van der Waals surface area (Å²) in [7, 11) is 2.04. The van der Waals surface area contributed by atoms with Gasteiger partial charge >= 0.3 is 0 Å². The smallest absolute Gasteiger partial charge is 0.225 e. The molecule has 0 radical (unpaired) electrons. The topological polar surface area (TPSA) is 60.0 Å². The van der Waals surface area contributed by atoms with Crippen LogP contribution in [0, 0.1) is 11.7 Å². The van der Waals surface area contributed by atoms with Gasteiger partial charge in [-0.05, 0) is 50.9 Å². The molecule has 0 spiro atoms. The van der Waals surface area contributed by atoms with Crippen LogP contribution in [0.15, 0.2) is 29.3 Å². The van der Waals surface area contributed by atoms with Crippen LogP contribution in [0.25, 0.3) is 0 Å². The Kier molecular flexibility index (Phi) is 8.49. The van der Waals surface area contributed by atoms with Crippen LogP contribution in [0.4, 0.5) is 4.39 Å². The number of likely N-dealkylation sites (tertiary alicyclic amines) is 1. The molecular weight excluding hydrogens is 381 g/mol. The van der Waals surface area contributed by atoms with E-state index in [1.165, 1.54) is 25.0 Å². The molecule has 1 saturated heterocycles. The zero-order valence-corrected chi connectivity index (χ0v) is 18.4. The van der Waals surface area contributed by atoms with E-state index in [0.717, 1.165) is 63.5 Å². The van der Waals surface area contributed by atoms with E-state index < -0.39 is 0 Å². The van der Waals surface area contributed by atoms with Crippen LogP contribution in [0.1, 0.15) is 44.6 Å². The first-order valence-electron chi connectivity index (χ1n) is 11.3. The van der Waals surface area contributed by atoms with E-state index in [2.05, 4.69) is 22.5 Å². The van der Waals surface area contributed by atoms with Crippen molar-refractivity contribution in [1.82, 2.24) is 20.4 Å². The summed E-state index contributed by atoms with van der Waals surface area (Å²) in [5.74, 6) is 1.21. The third kappa shape index (κ3) is 6.69. The maximum absolute atomic E-state index is 13.0. The molecule has 1 saturated carbocycles. The van der Waals surface area contributed by atoms with E-state index in [4.69, 9.17) is 4.99 Å². The first-order chi connectivity index (χ1) is 14.5. The lowest BCUT2D eigenvalue weighted by molar-refractivity contribution is -0.134. The molecule has 1 aromatic carbocycles. The minimum atomic E-state index is -0.206. The Bertz CT molecular complexity index is 702. The van der Waals surface area contributed by atoms with Crippen LogP contribution in [0.3, 0.4) is 0 Å². The highest BCUT2D eigenvalue weighted by molar-refractivity contribution is 5.81. The van der Waals surface area contributed by atoms with Crippen LogP contribution in [-0.4, -0.2) is 67.5 Å². The van der Waals surface area contributed by atoms with Gasteiger partial charge < -0.3 is 20.4 Å². The summed E-state index contributed by atoms with van der Waals surface area (Å²) in [6.45, 7) is 6.71. The molecule has 1 atom stereocenters. The van der Waals surface area contributed by atoms with Crippen LogP contribution in [-0.2, 0) is 11.3 Å². The number of nitrogens with one attached hydrogen (secondary N) is 2. The van der Waals surface area contributed by atoms with Gasteiger partial charge in [0.25, 0.3) is 0 Å². The van der Waals surface area contributed by atoms with Crippen LogP contribution < -0.4 is 10.6 Å². The van der Waals surface area contributed by atoms with Gasteiger partial charge in [0.1, 0.15) is 5.82 Å². The van der Waals surface area contributed by atoms with Gasteiger partial charge in [0.05, 0.1) is 6.54 Å². The van der Waals surface area contributed by atoms with Crippen molar-refractivity contribution in [2.24, 2.45) is 10.9 Å². The van der Waals surface area contributed by atoms with Gasteiger partial charge in [0.15, 0.2) is 5.96 Å². The van der Waals surface area contributed by atoms with Crippen LogP contribution in [0.5, 0.6) is 0 Å². The molecule has 0 bridgehead atoms. The number of carbonyl (C=O) groups is 1. The standard InChI is InChI=1S/C23H36FN5O/c1-3-25-23(26-13-15-28(2)16-18-8-10-20(24)11-9-18)27-21-12-14-29(17-21)22(30)19-6-4-5-7-19/h8-11,19,21H,3-7,12-17H2,1-2H3,(H2,25,26,27). The molecule has 1 heterocycles. The normalized spacial score (nSPS) is 20.2. The number of carbonyl (C=O) groups excluding carboxylic acids is 1. The predicted octanol–water partition coefficient (Wildman–Crippen LogP) is 2.60. The van der Waals surface area contributed by atoms with E-state index in [1.54, 1.807) is 0 Å². The van der Waals surface area contributed by atoms with Crippen molar-refractivity contribution in [3.05, 3.63) is 35.6 Å². The zero-order chi connectivity index (χ0) is 21.3. The average molecular weight is 418 g/mol. The fraction of sp³-hybridized carbons (Fsp3) is 0.652. The number of hydrogen-bond acceptors (Lipinski definition) is 3. The Balaban J connectivity index is 1.43. The largest absolute Gasteiger partial charge is 0.357 e. The summed E-state index contributed by atoms with van der Waals surface area (Å²) in [6.07, 6.45) is 5.47. The highest BCUT2D eigenvalue weighted by Crippen LogP contribution is 2.27. The van der Waals surface area contributed by atoms with Crippen molar-refractivity contribution in [2.75, 3.05) is 39.8 Å². The van der Waals surface area contributed by atoms with E-state index in [-0.39, 0.29) is 17.8 Å². The van der Waals surface area contributed by atoms with Crippen molar-refractivity contribution in [3.63, 3.8) is 0 Å². The van der Waals surface area contributed by atoms with Crippen molar-refractivity contribution >= 4 is 11.9 Å². The Morgan fingerprint density at radius 2 is 1.97 bits per heavy atom. The molecule has 0 aromatic heterocycles. The third-order valence-electron chi connectivity index (χ3n) is 6.01. The van der Waals surface area contributed by atoms with Gasteiger partial charge in [-0.2, -0.15) is 0 Å². The molecule has 2 aliphatic rings. The summed E-state index contributed by atoms with van der Waals surface area (Å²) in [4.78, 5) is 21.6. The van der Waals surface area contributed by atoms with Gasteiger partial charge in [-0.25, -0.2) is 4.39 Å². The molecule has 7 heteroatoms. The molecule has 1 amide bonds. The first kappa shape index (κ1) is 22.5. The number of rotatable bonds is 8. The lowest BCUT2D eigenvalue weighted by Crippen LogP contribution is -2.45. The maximum atomic E-state index is 13.0. The second-order valence-corrected chi connectivity index (χ2v) is 8.52. The Hall–Kier alpha value is -2.15. The van der Waals surface area contributed by atoms with Crippen LogP contribution >= 0.6 is 0 Å². The Morgan fingerprint density at radius 3 is 2.67 bits per heavy atom. The first-order valence-corrected chi connectivity index (χ1v) is 11.3. The highest BCUT2D eigenvalue weighted by Gasteiger charge is 2.32. The summed E-state index contributed by atoms with van der Waals surface area (Å²) in [6, 6.07) is 6.89. The molecule has 1 aromatic rings.